The van der Waals surface area contributed by atoms with E-state index >= 15 is 0 Å². The first-order valence-corrected chi connectivity index (χ1v) is 7.39. The summed E-state index contributed by atoms with van der Waals surface area (Å²) < 4.78 is 5.55. The lowest BCUT2D eigenvalue weighted by atomic mass is 9.70. The third kappa shape index (κ3) is 1.81. The number of fused-ring (bicyclic) bond motifs is 2. The van der Waals surface area contributed by atoms with Gasteiger partial charge in [0.15, 0.2) is 0 Å². The molecule has 2 saturated carbocycles. The fraction of sp³-hybridized carbons (Fsp3) is 1.00. The summed E-state index contributed by atoms with van der Waals surface area (Å²) in [4.78, 5) is 0. The van der Waals surface area contributed by atoms with Crippen LogP contribution in [0.25, 0.3) is 0 Å². The molecule has 0 aromatic rings. The average molecular weight is 222 g/mol. The largest absolute Gasteiger partial charge is 0.370 e. The lowest BCUT2D eigenvalue weighted by Gasteiger charge is -2.35. The van der Waals surface area contributed by atoms with Gasteiger partial charge in [0, 0.05) is 0 Å². The molecule has 3 fully saturated rings. The topological polar surface area (TPSA) is 12.5 Å². The molecule has 1 heteroatoms. The fourth-order valence-electron chi connectivity index (χ4n) is 4.65. The third-order valence-corrected chi connectivity index (χ3v) is 5.79. The highest BCUT2D eigenvalue weighted by molar-refractivity contribution is 4.99. The molecule has 1 heterocycles. The van der Waals surface area contributed by atoms with Crippen molar-refractivity contribution < 1.29 is 4.74 Å². The van der Waals surface area contributed by atoms with Gasteiger partial charge in [0.25, 0.3) is 0 Å². The van der Waals surface area contributed by atoms with Crippen LogP contribution in [0.15, 0.2) is 0 Å². The van der Waals surface area contributed by atoms with Gasteiger partial charge in [0.2, 0.25) is 0 Å². The van der Waals surface area contributed by atoms with Crippen LogP contribution in [0.4, 0.5) is 0 Å². The van der Waals surface area contributed by atoms with Gasteiger partial charge in [-0.3, -0.25) is 0 Å². The van der Waals surface area contributed by atoms with Gasteiger partial charge in [-0.15, -0.1) is 0 Å². The quantitative estimate of drug-likeness (QED) is 0.636. The third-order valence-electron chi connectivity index (χ3n) is 5.79. The summed E-state index contributed by atoms with van der Waals surface area (Å²) in [5.74, 6) is 2.10. The van der Waals surface area contributed by atoms with Crippen LogP contribution in [0.1, 0.15) is 65.2 Å². The molecule has 1 aliphatic heterocycles. The second-order valence-corrected chi connectivity index (χ2v) is 6.57. The molecular weight excluding hydrogens is 196 g/mol. The number of rotatable bonds is 5. The zero-order chi connectivity index (χ0) is 11.2. The SMILES string of the molecule is CCC(CCC1OC1C)C12CCC(CC1)C2. The fourth-order valence-corrected chi connectivity index (χ4v) is 4.65. The van der Waals surface area contributed by atoms with Crippen molar-refractivity contribution in [3.05, 3.63) is 0 Å². The maximum absolute atomic E-state index is 5.55. The molecule has 0 N–H and O–H groups in total. The Kier molecular flexibility index (Phi) is 2.78. The van der Waals surface area contributed by atoms with E-state index < -0.39 is 0 Å². The molecule has 3 aliphatic rings. The van der Waals surface area contributed by atoms with Crippen molar-refractivity contribution in [1.29, 1.82) is 0 Å². The van der Waals surface area contributed by atoms with Gasteiger partial charge >= 0.3 is 0 Å². The van der Waals surface area contributed by atoms with Crippen molar-refractivity contribution in [3.8, 4) is 0 Å². The Morgan fingerprint density at radius 2 is 2.00 bits per heavy atom. The van der Waals surface area contributed by atoms with Crippen molar-refractivity contribution in [1.82, 2.24) is 0 Å². The van der Waals surface area contributed by atoms with Crippen LogP contribution in [-0.4, -0.2) is 12.2 Å². The molecule has 2 bridgehead atoms. The number of hydrogen-bond acceptors (Lipinski definition) is 1. The molecule has 1 saturated heterocycles. The first-order chi connectivity index (χ1) is 7.73. The van der Waals surface area contributed by atoms with E-state index in [-0.39, 0.29) is 0 Å². The predicted molar refractivity (Wildman–Crippen MR) is 66.4 cm³/mol. The van der Waals surface area contributed by atoms with Crippen molar-refractivity contribution in [2.75, 3.05) is 0 Å². The number of epoxide rings is 1. The minimum atomic E-state index is 0.565. The molecule has 0 amide bonds. The first kappa shape index (κ1) is 11.1. The summed E-state index contributed by atoms with van der Waals surface area (Å²) in [6.07, 6.45) is 13.0. The van der Waals surface area contributed by atoms with E-state index in [1.54, 1.807) is 6.42 Å². The van der Waals surface area contributed by atoms with Crippen LogP contribution in [0, 0.1) is 17.3 Å². The van der Waals surface area contributed by atoms with Crippen LogP contribution in [0.2, 0.25) is 0 Å². The van der Waals surface area contributed by atoms with Gasteiger partial charge in [-0.25, -0.2) is 0 Å². The van der Waals surface area contributed by atoms with E-state index in [9.17, 15) is 0 Å². The summed E-state index contributed by atoms with van der Waals surface area (Å²) in [7, 11) is 0. The Labute approximate surface area is 99.9 Å². The zero-order valence-electron chi connectivity index (χ0n) is 10.9. The van der Waals surface area contributed by atoms with Crippen LogP contribution < -0.4 is 0 Å². The van der Waals surface area contributed by atoms with Gasteiger partial charge in [-0.2, -0.15) is 0 Å². The lowest BCUT2D eigenvalue weighted by Crippen LogP contribution is -2.26. The Morgan fingerprint density at radius 3 is 2.44 bits per heavy atom. The lowest BCUT2D eigenvalue weighted by molar-refractivity contribution is 0.146. The van der Waals surface area contributed by atoms with E-state index in [1.807, 2.05) is 0 Å². The van der Waals surface area contributed by atoms with E-state index in [2.05, 4.69) is 13.8 Å². The molecule has 0 spiro atoms. The van der Waals surface area contributed by atoms with Gasteiger partial charge in [0.1, 0.15) is 0 Å². The minimum absolute atomic E-state index is 0.565. The van der Waals surface area contributed by atoms with Crippen molar-refractivity contribution in [2.45, 2.75) is 77.4 Å². The molecule has 2 aliphatic carbocycles. The van der Waals surface area contributed by atoms with Crippen LogP contribution in [0.5, 0.6) is 0 Å². The second kappa shape index (κ2) is 4.01. The first-order valence-electron chi connectivity index (χ1n) is 7.39. The molecule has 3 unspecified atom stereocenters. The van der Waals surface area contributed by atoms with Crippen LogP contribution in [-0.2, 0) is 4.74 Å². The molecule has 0 aromatic heterocycles. The molecule has 3 rings (SSSR count). The van der Waals surface area contributed by atoms with Gasteiger partial charge in [-0.05, 0) is 69.1 Å². The normalized spacial score (nSPS) is 47.2. The van der Waals surface area contributed by atoms with E-state index in [0.717, 1.165) is 17.3 Å². The van der Waals surface area contributed by atoms with E-state index in [0.29, 0.717) is 12.2 Å². The van der Waals surface area contributed by atoms with E-state index in [4.69, 9.17) is 4.74 Å². The Balaban J connectivity index is 1.57. The monoisotopic (exact) mass is 222 g/mol. The molecular formula is C15H26O. The standard InChI is InChI=1S/C15H26O/c1-3-13(4-5-14-11(2)16-14)15-8-6-12(10-15)7-9-15/h11-14H,3-10H2,1-2H3. The molecule has 16 heavy (non-hydrogen) atoms. The molecule has 0 aromatic carbocycles. The summed E-state index contributed by atoms with van der Waals surface area (Å²) in [6, 6.07) is 0. The van der Waals surface area contributed by atoms with Crippen LogP contribution in [0.3, 0.4) is 0 Å². The summed E-state index contributed by atoms with van der Waals surface area (Å²) >= 11 is 0. The van der Waals surface area contributed by atoms with Crippen molar-refractivity contribution in [3.63, 3.8) is 0 Å². The van der Waals surface area contributed by atoms with Crippen molar-refractivity contribution >= 4 is 0 Å². The molecule has 92 valence electrons. The zero-order valence-corrected chi connectivity index (χ0v) is 10.9. The summed E-state index contributed by atoms with van der Waals surface area (Å²) in [6.45, 7) is 4.62. The average Bonchev–Trinajstić information content (AvgIpc) is 2.74. The summed E-state index contributed by atoms with van der Waals surface area (Å²) in [5, 5.41) is 0. The highest BCUT2D eigenvalue weighted by Gasteiger charge is 2.49. The Bertz CT molecular complexity index is 252. The Hall–Kier alpha value is -0.0400. The maximum atomic E-state index is 5.55. The molecule has 1 nitrogen and oxygen atoms in total. The maximum Gasteiger partial charge on any atom is 0.0839 e. The smallest absolute Gasteiger partial charge is 0.0839 e. The van der Waals surface area contributed by atoms with Gasteiger partial charge < -0.3 is 4.74 Å². The molecule has 3 atom stereocenters. The molecule has 0 radical (unpaired) electrons. The van der Waals surface area contributed by atoms with Crippen molar-refractivity contribution in [2.24, 2.45) is 17.3 Å². The predicted octanol–water partition coefficient (Wildman–Crippen LogP) is 4.16. The second-order valence-electron chi connectivity index (χ2n) is 6.57. The van der Waals surface area contributed by atoms with Gasteiger partial charge in [0.05, 0.1) is 12.2 Å². The van der Waals surface area contributed by atoms with E-state index in [1.165, 1.54) is 44.9 Å². The summed E-state index contributed by atoms with van der Waals surface area (Å²) in [5.41, 5.74) is 0.775. The Morgan fingerprint density at radius 1 is 1.31 bits per heavy atom. The highest BCUT2D eigenvalue weighted by Crippen LogP contribution is 2.59. The highest BCUT2D eigenvalue weighted by atomic mass is 16.6. The van der Waals surface area contributed by atoms with Gasteiger partial charge in [-0.1, -0.05) is 13.3 Å². The van der Waals surface area contributed by atoms with Crippen LogP contribution >= 0.6 is 0 Å². The number of ether oxygens (including phenoxy) is 1. The number of hydrogen-bond donors (Lipinski definition) is 0. The minimum Gasteiger partial charge on any atom is -0.370 e.